The van der Waals surface area contributed by atoms with Crippen LogP contribution in [0.5, 0.6) is 0 Å². The molecule has 8 heavy (non-hydrogen) atoms. The molecule has 0 aromatic carbocycles. The summed E-state index contributed by atoms with van der Waals surface area (Å²) in [6.07, 6.45) is 2.59. The summed E-state index contributed by atoms with van der Waals surface area (Å²) >= 11 is 0. The molecule has 1 aliphatic carbocycles. The van der Waals surface area contributed by atoms with Crippen molar-refractivity contribution >= 4 is 0 Å². The first-order valence-corrected chi connectivity index (χ1v) is 3.07. The van der Waals surface area contributed by atoms with Crippen LogP contribution in [0.3, 0.4) is 0 Å². The number of hydrogen-bond donors (Lipinski definition) is 1. The maximum atomic E-state index is 5.40. The Hall–Kier alpha value is -0.300. The number of nitrogens with two attached hydrogens (primary N) is 1. The third-order valence-corrected chi connectivity index (χ3v) is 2.10. The average Bonchev–Trinajstić information content (AvgIpc) is 2.47. The molecule has 0 radical (unpaired) electrons. The summed E-state index contributed by atoms with van der Waals surface area (Å²) in [5, 5.41) is 0. The van der Waals surface area contributed by atoms with Crippen molar-refractivity contribution < 1.29 is 0 Å². The van der Waals surface area contributed by atoms with Gasteiger partial charge in [-0.05, 0) is 18.3 Å². The third-order valence-electron chi connectivity index (χ3n) is 2.10. The predicted octanol–water partition coefficient (Wildman–Crippen LogP) is 1.30. The Balaban J connectivity index is 2.46. The molecule has 2 N–H and O–H groups in total. The highest BCUT2D eigenvalue weighted by atomic mass is 14.6. The van der Waals surface area contributed by atoms with Gasteiger partial charge in [0.15, 0.2) is 0 Å². The Bertz CT molecular complexity index is 112. The summed E-state index contributed by atoms with van der Waals surface area (Å²) in [6, 6.07) is 0. The molecule has 1 aliphatic rings. The lowest BCUT2D eigenvalue weighted by atomic mass is 10.0. The second-order valence-corrected chi connectivity index (χ2v) is 2.87. The second kappa shape index (κ2) is 1.59. The summed E-state index contributed by atoms with van der Waals surface area (Å²) in [6.45, 7) is 6.77. The molecular weight excluding hydrogens is 98.1 g/mol. The smallest absolute Gasteiger partial charge is 0.0139 e. The lowest BCUT2D eigenvalue weighted by Gasteiger charge is -2.07. The maximum absolute atomic E-state index is 5.40. The fourth-order valence-electron chi connectivity index (χ4n) is 0.787. The van der Waals surface area contributed by atoms with Crippen molar-refractivity contribution in [1.29, 1.82) is 0 Å². The van der Waals surface area contributed by atoms with Crippen molar-refractivity contribution in [3.8, 4) is 0 Å². The molecule has 0 amide bonds. The zero-order chi connectivity index (χ0) is 6.20. The van der Waals surface area contributed by atoms with Gasteiger partial charge in [0.1, 0.15) is 0 Å². The highest BCUT2D eigenvalue weighted by molar-refractivity contribution is 5.17. The van der Waals surface area contributed by atoms with Gasteiger partial charge in [0, 0.05) is 6.54 Å². The van der Waals surface area contributed by atoms with E-state index in [2.05, 4.69) is 13.5 Å². The number of hydrogen-bond acceptors (Lipinski definition) is 1. The minimum Gasteiger partial charge on any atom is -0.327 e. The SMILES string of the molecule is C=C(CN)C1(C)CC1. The molecule has 0 spiro atoms. The molecule has 0 aromatic rings. The monoisotopic (exact) mass is 111 g/mol. The van der Waals surface area contributed by atoms with Crippen LogP contribution < -0.4 is 5.73 Å². The quantitative estimate of drug-likeness (QED) is 0.534. The van der Waals surface area contributed by atoms with Gasteiger partial charge in [0.2, 0.25) is 0 Å². The van der Waals surface area contributed by atoms with Crippen LogP contribution in [0.15, 0.2) is 12.2 Å². The van der Waals surface area contributed by atoms with Crippen LogP contribution in [-0.2, 0) is 0 Å². The maximum Gasteiger partial charge on any atom is 0.0139 e. The molecule has 1 heteroatoms. The van der Waals surface area contributed by atoms with Crippen molar-refractivity contribution in [3.63, 3.8) is 0 Å². The molecule has 1 nitrogen and oxygen atoms in total. The Kier molecular flexibility index (Phi) is 1.16. The lowest BCUT2D eigenvalue weighted by Crippen LogP contribution is -2.09. The van der Waals surface area contributed by atoms with E-state index in [1.807, 2.05) is 0 Å². The van der Waals surface area contributed by atoms with E-state index >= 15 is 0 Å². The molecule has 0 aromatic heterocycles. The molecule has 0 unspecified atom stereocenters. The first kappa shape index (κ1) is 5.83. The van der Waals surface area contributed by atoms with Crippen LogP contribution in [0.25, 0.3) is 0 Å². The zero-order valence-corrected chi connectivity index (χ0v) is 5.41. The molecule has 0 atom stereocenters. The topological polar surface area (TPSA) is 26.0 Å². The van der Waals surface area contributed by atoms with Crippen molar-refractivity contribution in [2.75, 3.05) is 6.54 Å². The van der Waals surface area contributed by atoms with Crippen LogP contribution in [0, 0.1) is 5.41 Å². The van der Waals surface area contributed by atoms with Crippen molar-refractivity contribution in [2.24, 2.45) is 11.1 Å². The Morgan fingerprint density at radius 1 is 1.75 bits per heavy atom. The molecule has 1 saturated carbocycles. The van der Waals surface area contributed by atoms with E-state index in [0.29, 0.717) is 12.0 Å². The van der Waals surface area contributed by atoms with E-state index in [-0.39, 0.29) is 0 Å². The van der Waals surface area contributed by atoms with Crippen LogP contribution in [0.1, 0.15) is 19.8 Å². The Labute approximate surface area is 50.6 Å². The van der Waals surface area contributed by atoms with Gasteiger partial charge >= 0.3 is 0 Å². The van der Waals surface area contributed by atoms with Crippen LogP contribution in [0.4, 0.5) is 0 Å². The summed E-state index contributed by atoms with van der Waals surface area (Å²) in [4.78, 5) is 0. The summed E-state index contributed by atoms with van der Waals surface area (Å²) in [5.41, 5.74) is 7.06. The molecule has 0 heterocycles. The molecule has 1 rings (SSSR count). The second-order valence-electron chi connectivity index (χ2n) is 2.87. The van der Waals surface area contributed by atoms with E-state index < -0.39 is 0 Å². The van der Waals surface area contributed by atoms with E-state index in [4.69, 9.17) is 5.73 Å². The minimum atomic E-state index is 0.439. The van der Waals surface area contributed by atoms with Crippen LogP contribution in [0.2, 0.25) is 0 Å². The van der Waals surface area contributed by atoms with Gasteiger partial charge in [-0.25, -0.2) is 0 Å². The Morgan fingerprint density at radius 2 is 2.25 bits per heavy atom. The van der Waals surface area contributed by atoms with Gasteiger partial charge in [0.05, 0.1) is 0 Å². The van der Waals surface area contributed by atoms with Gasteiger partial charge in [-0.2, -0.15) is 0 Å². The highest BCUT2D eigenvalue weighted by Crippen LogP contribution is 2.50. The van der Waals surface area contributed by atoms with Crippen LogP contribution >= 0.6 is 0 Å². The predicted molar refractivity (Wildman–Crippen MR) is 35.5 cm³/mol. The largest absolute Gasteiger partial charge is 0.327 e. The molecule has 46 valence electrons. The van der Waals surface area contributed by atoms with E-state index in [1.54, 1.807) is 0 Å². The summed E-state index contributed by atoms with van der Waals surface area (Å²) < 4.78 is 0. The minimum absolute atomic E-state index is 0.439. The van der Waals surface area contributed by atoms with Gasteiger partial charge in [-0.3, -0.25) is 0 Å². The van der Waals surface area contributed by atoms with Gasteiger partial charge in [-0.15, -0.1) is 0 Å². The molecule has 1 fully saturated rings. The average molecular weight is 111 g/mol. The highest BCUT2D eigenvalue weighted by Gasteiger charge is 2.38. The molecule has 0 aliphatic heterocycles. The Morgan fingerprint density at radius 3 is 2.38 bits per heavy atom. The lowest BCUT2D eigenvalue weighted by molar-refractivity contribution is 0.674. The zero-order valence-electron chi connectivity index (χ0n) is 5.41. The van der Waals surface area contributed by atoms with E-state index in [0.717, 1.165) is 0 Å². The summed E-state index contributed by atoms with van der Waals surface area (Å²) in [7, 11) is 0. The van der Waals surface area contributed by atoms with Crippen molar-refractivity contribution in [3.05, 3.63) is 12.2 Å². The summed E-state index contributed by atoms with van der Waals surface area (Å²) in [5.74, 6) is 0. The fraction of sp³-hybridized carbons (Fsp3) is 0.714. The fourth-order valence-corrected chi connectivity index (χ4v) is 0.787. The molecule has 0 bridgehead atoms. The third kappa shape index (κ3) is 0.781. The standard InChI is InChI=1S/C7H13N/c1-6(5-8)7(2)3-4-7/h1,3-5,8H2,2H3. The van der Waals surface area contributed by atoms with Crippen LogP contribution in [-0.4, -0.2) is 6.54 Å². The van der Waals surface area contributed by atoms with Gasteiger partial charge < -0.3 is 5.73 Å². The van der Waals surface area contributed by atoms with Gasteiger partial charge in [-0.1, -0.05) is 19.1 Å². The van der Waals surface area contributed by atoms with Gasteiger partial charge in [0.25, 0.3) is 0 Å². The molecule has 0 saturated heterocycles. The van der Waals surface area contributed by atoms with Crippen molar-refractivity contribution in [1.82, 2.24) is 0 Å². The first-order valence-electron chi connectivity index (χ1n) is 3.07. The van der Waals surface area contributed by atoms with E-state index in [9.17, 15) is 0 Å². The van der Waals surface area contributed by atoms with E-state index in [1.165, 1.54) is 18.4 Å². The normalized spacial score (nSPS) is 22.8. The first-order chi connectivity index (χ1) is 3.69. The molecular formula is C7H13N. The number of rotatable bonds is 2. The van der Waals surface area contributed by atoms with Crippen molar-refractivity contribution in [2.45, 2.75) is 19.8 Å².